The van der Waals surface area contributed by atoms with Crippen LogP contribution in [0.25, 0.3) is 0 Å². The maximum atomic E-state index is 10.7. The molecule has 0 unspecified atom stereocenters. The highest BCUT2D eigenvalue weighted by Crippen LogP contribution is 2.19. The number of nitrogens with two attached hydrogens (primary N) is 1. The topological polar surface area (TPSA) is 55.6 Å². The van der Waals surface area contributed by atoms with Crippen LogP contribution in [0.3, 0.4) is 0 Å². The van der Waals surface area contributed by atoms with Gasteiger partial charge in [0.05, 0.1) is 12.8 Å². The molecule has 1 aromatic carbocycles. The van der Waals surface area contributed by atoms with Crippen molar-refractivity contribution in [3.05, 3.63) is 24.3 Å². The molecule has 0 aliphatic rings. The van der Waals surface area contributed by atoms with Crippen molar-refractivity contribution >= 4 is 24.5 Å². The third kappa shape index (κ3) is 2.29. The molecule has 1 rings (SSSR count). The second-order valence-electron chi connectivity index (χ2n) is 2.35. The lowest BCUT2D eigenvalue weighted by atomic mass is 10.3. The Morgan fingerprint density at radius 3 is 2.38 bits per heavy atom. The van der Waals surface area contributed by atoms with Crippen molar-refractivity contribution in [1.29, 1.82) is 0 Å². The van der Waals surface area contributed by atoms with Gasteiger partial charge in [-0.3, -0.25) is 0 Å². The molecule has 70 valence electrons. The van der Waals surface area contributed by atoms with Gasteiger partial charge in [-0.05, 0) is 24.3 Å². The zero-order chi connectivity index (χ0) is 9.84. The molecule has 5 heteroatoms. The number of nitrogens with zero attached hydrogens (tertiary/aromatic N) is 1. The lowest BCUT2D eigenvalue weighted by Crippen LogP contribution is -2.27. The molecule has 0 aromatic heterocycles. The summed E-state index contributed by atoms with van der Waals surface area (Å²) in [6, 6.07) is 6.21. The number of anilines is 1. The van der Waals surface area contributed by atoms with Gasteiger partial charge in [0, 0.05) is 0 Å². The quantitative estimate of drug-likeness (QED) is 0.706. The normalized spacial score (nSPS) is 9.38. The summed E-state index contributed by atoms with van der Waals surface area (Å²) in [4.78, 5) is 10.7. The summed E-state index contributed by atoms with van der Waals surface area (Å²) in [6.07, 6.45) is 0. The first-order chi connectivity index (χ1) is 6.15. The number of hydrogen-bond donors (Lipinski definition) is 2. The first kappa shape index (κ1) is 9.73. The van der Waals surface area contributed by atoms with Crippen LogP contribution in [0.1, 0.15) is 0 Å². The molecule has 0 bridgehead atoms. The molecular weight excluding hydrogens is 188 g/mol. The molecule has 0 heterocycles. The number of benzene rings is 1. The minimum Gasteiger partial charge on any atom is -0.497 e. The number of carbonyl (C=O) groups excluding carboxylic acids is 1. The molecule has 0 atom stereocenters. The summed E-state index contributed by atoms with van der Waals surface area (Å²) in [5, 5.41) is 0. The maximum absolute atomic E-state index is 10.7. The van der Waals surface area contributed by atoms with E-state index >= 15 is 0 Å². The van der Waals surface area contributed by atoms with Crippen molar-refractivity contribution in [3.8, 4) is 5.75 Å². The van der Waals surface area contributed by atoms with Gasteiger partial charge < -0.3 is 10.5 Å². The van der Waals surface area contributed by atoms with E-state index in [1.54, 1.807) is 31.4 Å². The van der Waals surface area contributed by atoms with Crippen molar-refractivity contribution in [2.75, 3.05) is 11.4 Å². The number of primary amides is 1. The fourth-order valence-electron chi connectivity index (χ4n) is 0.851. The van der Waals surface area contributed by atoms with E-state index in [1.807, 2.05) is 0 Å². The van der Waals surface area contributed by atoms with Gasteiger partial charge in [-0.1, -0.05) is 12.8 Å². The molecule has 1 aromatic rings. The molecular formula is C8H10N2O2S. The number of carbonyl (C=O) groups is 1. The first-order valence-corrected chi connectivity index (χ1v) is 3.97. The van der Waals surface area contributed by atoms with Gasteiger partial charge in [0.25, 0.3) is 0 Å². The molecule has 0 spiro atoms. The van der Waals surface area contributed by atoms with Crippen molar-refractivity contribution < 1.29 is 9.53 Å². The van der Waals surface area contributed by atoms with Crippen LogP contribution in [0.4, 0.5) is 10.5 Å². The fraction of sp³-hybridized carbons (Fsp3) is 0.125. The second-order valence-corrected chi connectivity index (χ2v) is 2.75. The maximum Gasteiger partial charge on any atom is 0.329 e. The van der Waals surface area contributed by atoms with Gasteiger partial charge in [-0.2, -0.15) is 0 Å². The van der Waals surface area contributed by atoms with E-state index in [2.05, 4.69) is 12.8 Å². The van der Waals surface area contributed by atoms with Gasteiger partial charge in [-0.25, -0.2) is 9.10 Å². The van der Waals surface area contributed by atoms with E-state index in [-0.39, 0.29) is 0 Å². The molecule has 0 saturated carbocycles. The number of thiol groups is 1. The zero-order valence-corrected chi connectivity index (χ0v) is 7.99. The average Bonchev–Trinajstić information content (AvgIpc) is 2.17. The minimum atomic E-state index is -0.617. The van der Waals surface area contributed by atoms with Crippen LogP contribution in [0.2, 0.25) is 0 Å². The molecule has 13 heavy (non-hydrogen) atoms. The van der Waals surface area contributed by atoms with Gasteiger partial charge >= 0.3 is 6.03 Å². The number of amides is 2. The van der Waals surface area contributed by atoms with E-state index in [0.29, 0.717) is 5.69 Å². The van der Waals surface area contributed by atoms with Gasteiger partial charge in [0.1, 0.15) is 5.75 Å². The predicted molar refractivity (Wildman–Crippen MR) is 54.0 cm³/mol. The summed E-state index contributed by atoms with van der Waals surface area (Å²) in [5.74, 6) is 0.718. The Morgan fingerprint density at radius 1 is 1.46 bits per heavy atom. The molecule has 4 nitrogen and oxygen atoms in total. The smallest absolute Gasteiger partial charge is 0.329 e. The Labute approximate surface area is 81.8 Å². The highest BCUT2D eigenvalue weighted by molar-refractivity contribution is 7.82. The molecule has 0 aliphatic heterocycles. The number of hydrogen-bond acceptors (Lipinski definition) is 3. The lowest BCUT2D eigenvalue weighted by molar-refractivity contribution is 0.257. The summed E-state index contributed by atoms with van der Waals surface area (Å²) < 4.78 is 6.00. The Kier molecular flexibility index (Phi) is 3.02. The van der Waals surface area contributed by atoms with Crippen molar-refractivity contribution in [1.82, 2.24) is 0 Å². The minimum absolute atomic E-state index is 0.608. The summed E-state index contributed by atoms with van der Waals surface area (Å²) in [5.41, 5.74) is 5.63. The predicted octanol–water partition coefficient (Wildman–Crippen LogP) is 1.43. The number of urea groups is 1. The van der Waals surface area contributed by atoms with Crippen molar-refractivity contribution in [3.63, 3.8) is 0 Å². The van der Waals surface area contributed by atoms with E-state index in [4.69, 9.17) is 10.5 Å². The van der Waals surface area contributed by atoms with E-state index in [0.717, 1.165) is 10.1 Å². The SMILES string of the molecule is COc1ccc(N(S)C(N)=O)cc1. The third-order valence-corrected chi connectivity index (χ3v) is 1.95. The third-order valence-electron chi connectivity index (χ3n) is 1.53. The Balaban J connectivity index is 2.85. The summed E-state index contributed by atoms with van der Waals surface area (Å²) in [7, 11) is 1.57. The zero-order valence-electron chi connectivity index (χ0n) is 7.10. The van der Waals surface area contributed by atoms with Crippen molar-refractivity contribution in [2.45, 2.75) is 0 Å². The van der Waals surface area contributed by atoms with Gasteiger partial charge in [-0.15, -0.1) is 0 Å². The Bertz CT molecular complexity index is 300. The van der Waals surface area contributed by atoms with Gasteiger partial charge in [0.2, 0.25) is 0 Å². The molecule has 2 amide bonds. The monoisotopic (exact) mass is 198 g/mol. The van der Waals surface area contributed by atoms with Crippen LogP contribution in [0, 0.1) is 0 Å². The highest BCUT2D eigenvalue weighted by atomic mass is 32.1. The molecule has 0 saturated heterocycles. The van der Waals surface area contributed by atoms with Crippen molar-refractivity contribution in [2.24, 2.45) is 5.73 Å². The van der Waals surface area contributed by atoms with Crippen LogP contribution in [0.5, 0.6) is 5.75 Å². The Morgan fingerprint density at radius 2 is 2.00 bits per heavy atom. The molecule has 2 N–H and O–H groups in total. The lowest BCUT2D eigenvalue weighted by Gasteiger charge is -2.12. The highest BCUT2D eigenvalue weighted by Gasteiger charge is 2.06. The fourth-order valence-corrected chi connectivity index (χ4v) is 0.984. The van der Waals surface area contributed by atoms with Crippen LogP contribution in [-0.2, 0) is 0 Å². The van der Waals surface area contributed by atoms with E-state index < -0.39 is 6.03 Å². The molecule has 0 radical (unpaired) electrons. The number of ether oxygens (including phenoxy) is 1. The van der Waals surface area contributed by atoms with Crippen LogP contribution in [-0.4, -0.2) is 13.1 Å². The van der Waals surface area contributed by atoms with E-state index in [1.165, 1.54) is 0 Å². The number of methoxy groups -OCH3 is 1. The van der Waals surface area contributed by atoms with Crippen LogP contribution < -0.4 is 14.8 Å². The van der Waals surface area contributed by atoms with Crippen LogP contribution in [0.15, 0.2) is 24.3 Å². The van der Waals surface area contributed by atoms with Gasteiger partial charge in [0.15, 0.2) is 0 Å². The molecule has 0 fully saturated rings. The van der Waals surface area contributed by atoms with Crippen LogP contribution >= 0.6 is 12.8 Å². The Hall–Kier alpha value is -1.36. The first-order valence-electron chi connectivity index (χ1n) is 3.57. The average molecular weight is 198 g/mol. The number of rotatable bonds is 2. The largest absolute Gasteiger partial charge is 0.497 e. The summed E-state index contributed by atoms with van der Waals surface area (Å²) in [6.45, 7) is 0. The molecule has 0 aliphatic carbocycles. The summed E-state index contributed by atoms with van der Waals surface area (Å²) >= 11 is 3.90. The van der Waals surface area contributed by atoms with E-state index in [9.17, 15) is 4.79 Å². The second kappa shape index (κ2) is 4.04. The standard InChI is InChI=1S/C8H10N2O2S/c1-12-7-4-2-6(3-5-7)10(13)8(9)11/h2-5,13H,1H3,(H2,9,11).